The summed E-state index contributed by atoms with van der Waals surface area (Å²) in [6.45, 7) is 4.56. The van der Waals surface area contributed by atoms with E-state index in [1.165, 1.54) is 0 Å². The van der Waals surface area contributed by atoms with Crippen molar-refractivity contribution in [1.82, 2.24) is 10.3 Å². The predicted octanol–water partition coefficient (Wildman–Crippen LogP) is 4.56. The largest absolute Gasteiger partial charge is 0.494 e. The van der Waals surface area contributed by atoms with Crippen LogP contribution in [0, 0.1) is 6.92 Å². The van der Waals surface area contributed by atoms with Gasteiger partial charge in [0.1, 0.15) is 23.3 Å². The first-order valence-electron chi connectivity index (χ1n) is 8.97. The van der Waals surface area contributed by atoms with E-state index in [1.54, 1.807) is 6.20 Å². The number of hydrogen-bond acceptors (Lipinski definition) is 4. The van der Waals surface area contributed by atoms with Gasteiger partial charge in [0.05, 0.1) is 18.3 Å². The molecule has 0 unspecified atom stereocenters. The summed E-state index contributed by atoms with van der Waals surface area (Å²) in [5.41, 5.74) is 1.90. The highest BCUT2D eigenvalue weighted by Gasteiger charge is 2.42. The molecule has 1 aliphatic rings. The number of aromatic nitrogens is 1. The molecule has 3 aromatic rings. The minimum atomic E-state index is -0.126. The molecule has 2 atom stereocenters. The number of aryl methyl sites for hydroxylation is 1. The Morgan fingerprint density at radius 1 is 1.15 bits per heavy atom. The van der Waals surface area contributed by atoms with E-state index < -0.39 is 0 Å². The zero-order valence-corrected chi connectivity index (χ0v) is 16.1. The first kappa shape index (κ1) is 17.5. The first-order valence-corrected chi connectivity index (χ1v) is 9.38. The van der Waals surface area contributed by atoms with E-state index in [2.05, 4.69) is 15.2 Å². The van der Waals surface area contributed by atoms with Gasteiger partial charge in [0.25, 0.3) is 0 Å². The number of furan rings is 1. The lowest BCUT2D eigenvalue weighted by molar-refractivity contribution is 0.340. The highest BCUT2D eigenvalue weighted by atomic mass is 32.1. The number of rotatable bonds is 5. The van der Waals surface area contributed by atoms with Crippen LogP contribution in [0.5, 0.6) is 5.75 Å². The summed E-state index contributed by atoms with van der Waals surface area (Å²) >= 11 is 5.68. The third-order valence-electron chi connectivity index (χ3n) is 4.58. The Hall–Kier alpha value is -2.86. The second-order valence-electron chi connectivity index (χ2n) is 6.37. The van der Waals surface area contributed by atoms with Crippen molar-refractivity contribution < 1.29 is 9.15 Å². The average molecular weight is 379 g/mol. The van der Waals surface area contributed by atoms with Crippen LogP contribution in [0.2, 0.25) is 0 Å². The molecule has 1 N–H and O–H groups in total. The summed E-state index contributed by atoms with van der Waals surface area (Å²) in [5, 5.41) is 4.07. The Bertz CT molecular complexity index is 924. The lowest BCUT2D eigenvalue weighted by Crippen LogP contribution is -2.29. The SMILES string of the molecule is CCOc1ccc(N2C(=S)N[C@H](c3ccccn3)[C@H]2c2ccc(C)o2)cc1. The zero-order valence-electron chi connectivity index (χ0n) is 15.3. The second kappa shape index (κ2) is 7.40. The van der Waals surface area contributed by atoms with Gasteiger partial charge in [-0.3, -0.25) is 4.98 Å². The molecule has 2 aromatic heterocycles. The van der Waals surface area contributed by atoms with Gasteiger partial charge in [-0.2, -0.15) is 0 Å². The maximum absolute atomic E-state index is 5.99. The maximum Gasteiger partial charge on any atom is 0.174 e. The van der Waals surface area contributed by atoms with E-state index in [0.717, 1.165) is 28.7 Å². The molecule has 1 aromatic carbocycles. The van der Waals surface area contributed by atoms with Crippen LogP contribution in [0.25, 0.3) is 0 Å². The number of nitrogens with one attached hydrogen (secondary N) is 1. The molecule has 0 bridgehead atoms. The third-order valence-corrected chi connectivity index (χ3v) is 4.89. The van der Waals surface area contributed by atoms with E-state index in [-0.39, 0.29) is 12.1 Å². The molecule has 3 heterocycles. The maximum atomic E-state index is 5.99. The first-order chi connectivity index (χ1) is 13.2. The van der Waals surface area contributed by atoms with Crippen molar-refractivity contribution >= 4 is 23.0 Å². The van der Waals surface area contributed by atoms with E-state index in [1.807, 2.05) is 68.4 Å². The lowest BCUT2D eigenvalue weighted by Gasteiger charge is -2.26. The van der Waals surface area contributed by atoms with Crippen LogP contribution < -0.4 is 15.0 Å². The smallest absolute Gasteiger partial charge is 0.174 e. The van der Waals surface area contributed by atoms with Gasteiger partial charge in [-0.15, -0.1) is 0 Å². The number of nitrogens with zero attached hydrogens (tertiary/aromatic N) is 2. The van der Waals surface area contributed by atoms with Crippen LogP contribution in [0.4, 0.5) is 5.69 Å². The predicted molar refractivity (Wildman–Crippen MR) is 109 cm³/mol. The Balaban J connectivity index is 1.75. The summed E-state index contributed by atoms with van der Waals surface area (Å²) in [7, 11) is 0. The Morgan fingerprint density at radius 3 is 2.59 bits per heavy atom. The second-order valence-corrected chi connectivity index (χ2v) is 6.76. The summed E-state index contributed by atoms with van der Waals surface area (Å²) in [5.74, 6) is 2.56. The molecular formula is C21H21N3O2S. The minimum absolute atomic E-state index is 0.101. The molecule has 4 rings (SSSR count). The van der Waals surface area contributed by atoms with Gasteiger partial charge in [0.2, 0.25) is 0 Å². The number of benzene rings is 1. The van der Waals surface area contributed by atoms with E-state index in [9.17, 15) is 0 Å². The fraction of sp³-hybridized carbons (Fsp3) is 0.238. The van der Waals surface area contributed by atoms with Crippen LogP contribution in [0.15, 0.2) is 65.2 Å². The average Bonchev–Trinajstić information content (AvgIpc) is 3.26. The third kappa shape index (κ3) is 3.40. The Kier molecular flexibility index (Phi) is 4.81. The van der Waals surface area contributed by atoms with Crippen LogP contribution in [-0.2, 0) is 0 Å². The number of hydrogen-bond donors (Lipinski definition) is 1. The molecule has 1 aliphatic heterocycles. The number of thiocarbonyl (C=S) groups is 1. The molecule has 1 fully saturated rings. The molecule has 0 radical (unpaired) electrons. The highest BCUT2D eigenvalue weighted by molar-refractivity contribution is 7.80. The molecule has 0 saturated carbocycles. The summed E-state index contributed by atoms with van der Waals surface area (Å²) in [6.07, 6.45) is 1.80. The number of pyridine rings is 1. The molecule has 0 amide bonds. The number of anilines is 1. The molecule has 0 aliphatic carbocycles. The molecule has 138 valence electrons. The normalized spacial score (nSPS) is 19.2. The fourth-order valence-corrected chi connectivity index (χ4v) is 3.75. The van der Waals surface area contributed by atoms with Crippen molar-refractivity contribution in [2.75, 3.05) is 11.5 Å². The zero-order chi connectivity index (χ0) is 18.8. The topological polar surface area (TPSA) is 50.5 Å². The van der Waals surface area contributed by atoms with Gasteiger partial charge in [-0.25, -0.2) is 0 Å². The summed E-state index contributed by atoms with van der Waals surface area (Å²) in [4.78, 5) is 6.62. The van der Waals surface area contributed by atoms with E-state index in [4.69, 9.17) is 21.4 Å². The fourth-order valence-electron chi connectivity index (χ4n) is 3.40. The molecule has 1 saturated heterocycles. The van der Waals surface area contributed by atoms with Gasteiger partial charge in [0, 0.05) is 11.9 Å². The van der Waals surface area contributed by atoms with E-state index >= 15 is 0 Å². The number of ether oxygens (including phenoxy) is 1. The molecule has 5 nitrogen and oxygen atoms in total. The van der Waals surface area contributed by atoms with Crippen molar-refractivity contribution in [3.63, 3.8) is 0 Å². The highest BCUT2D eigenvalue weighted by Crippen LogP contribution is 2.42. The van der Waals surface area contributed by atoms with Gasteiger partial charge in [-0.05, 0) is 74.6 Å². The Labute approximate surface area is 164 Å². The van der Waals surface area contributed by atoms with Crippen LogP contribution in [0.3, 0.4) is 0 Å². The standard InChI is InChI=1S/C21H21N3O2S/c1-3-25-16-10-8-15(9-11-16)24-20(18-12-7-14(2)26-18)19(23-21(24)27)17-6-4-5-13-22-17/h4-13,19-20H,3H2,1-2H3,(H,23,27)/t19-,20-/m1/s1. The van der Waals surface area contributed by atoms with Crippen LogP contribution in [0.1, 0.15) is 36.2 Å². The van der Waals surface area contributed by atoms with Gasteiger partial charge >= 0.3 is 0 Å². The summed E-state index contributed by atoms with van der Waals surface area (Å²) in [6, 6.07) is 17.6. The van der Waals surface area contributed by atoms with Crippen molar-refractivity contribution in [2.45, 2.75) is 25.9 Å². The molecule has 0 spiro atoms. The van der Waals surface area contributed by atoms with Crippen molar-refractivity contribution in [3.05, 3.63) is 78.0 Å². The molecule has 27 heavy (non-hydrogen) atoms. The summed E-state index contributed by atoms with van der Waals surface area (Å²) < 4.78 is 11.5. The Morgan fingerprint density at radius 2 is 1.96 bits per heavy atom. The van der Waals surface area contributed by atoms with Gasteiger partial charge in [0.15, 0.2) is 5.11 Å². The van der Waals surface area contributed by atoms with Crippen molar-refractivity contribution in [1.29, 1.82) is 0 Å². The van der Waals surface area contributed by atoms with Gasteiger partial charge in [-0.1, -0.05) is 6.07 Å². The van der Waals surface area contributed by atoms with E-state index in [0.29, 0.717) is 11.7 Å². The molecular weight excluding hydrogens is 358 g/mol. The van der Waals surface area contributed by atoms with Crippen LogP contribution in [-0.4, -0.2) is 16.7 Å². The quantitative estimate of drug-likeness (QED) is 0.656. The van der Waals surface area contributed by atoms with Crippen molar-refractivity contribution in [2.24, 2.45) is 0 Å². The minimum Gasteiger partial charge on any atom is -0.494 e. The lowest BCUT2D eigenvalue weighted by atomic mass is 10.0. The van der Waals surface area contributed by atoms with Crippen molar-refractivity contribution in [3.8, 4) is 5.75 Å². The molecule has 6 heteroatoms. The van der Waals surface area contributed by atoms with Crippen LogP contribution >= 0.6 is 12.2 Å². The van der Waals surface area contributed by atoms with Gasteiger partial charge < -0.3 is 19.4 Å². The monoisotopic (exact) mass is 379 g/mol.